The second-order valence-electron chi connectivity index (χ2n) is 3.76. The van der Waals surface area contributed by atoms with Gasteiger partial charge in [-0.05, 0) is 31.2 Å². The number of benzene rings is 1. The Morgan fingerprint density at radius 2 is 2.19 bits per heavy atom. The van der Waals surface area contributed by atoms with E-state index >= 15 is 0 Å². The molecule has 16 heavy (non-hydrogen) atoms. The second kappa shape index (κ2) is 6.09. The molecule has 0 aromatic heterocycles. The van der Waals surface area contributed by atoms with Crippen LogP contribution in [0.3, 0.4) is 0 Å². The van der Waals surface area contributed by atoms with E-state index in [9.17, 15) is 0 Å². The van der Waals surface area contributed by atoms with Gasteiger partial charge >= 0.3 is 0 Å². The third-order valence-corrected chi connectivity index (χ3v) is 2.93. The van der Waals surface area contributed by atoms with Crippen molar-refractivity contribution in [1.29, 1.82) is 0 Å². The minimum atomic E-state index is -0.104. The van der Waals surface area contributed by atoms with E-state index in [2.05, 4.69) is 5.32 Å². The number of hydrogen-bond donors (Lipinski definition) is 2. The van der Waals surface area contributed by atoms with Crippen molar-refractivity contribution >= 4 is 11.6 Å². The van der Waals surface area contributed by atoms with E-state index in [4.69, 9.17) is 22.1 Å². The van der Waals surface area contributed by atoms with Gasteiger partial charge in [0.05, 0.1) is 7.11 Å². The number of ether oxygens (including phenoxy) is 1. The van der Waals surface area contributed by atoms with Gasteiger partial charge in [0, 0.05) is 23.2 Å². The molecule has 1 aromatic carbocycles. The maximum absolute atomic E-state index is 6.09. The summed E-state index contributed by atoms with van der Waals surface area (Å²) in [5.74, 6) is 0.798. The van der Waals surface area contributed by atoms with Crippen molar-refractivity contribution < 1.29 is 4.74 Å². The van der Waals surface area contributed by atoms with E-state index in [1.807, 2.05) is 26.0 Å². The van der Waals surface area contributed by atoms with E-state index in [0.717, 1.165) is 28.4 Å². The topological polar surface area (TPSA) is 47.3 Å². The normalized spacial score (nSPS) is 12.6. The number of likely N-dealkylation sites (N-methyl/N-ethyl adjacent to an activating group) is 1. The average Bonchev–Trinajstić information content (AvgIpc) is 2.28. The van der Waals surface area contributed by atoms with Crippen LogP contribution in [0.4, 0.5) is 0 Å². The first-order chi connectivity index (χ1) is 7.60. The molecule has 0 radical (unpaired) electrons. The van der Waals surface area contributed by atoms with Crippen molar-refractivity contribution in [2.24, 2.45) is 5.73 Å². The molecular formula is C12H19ClN2O. The summed E-state index contributed by atoms with van der Waals surface area (Å²) in [4.78, 5) is 0. The van der Waals surface area contributed by atoms with Gasteiger partial charge in [-0.1, -0.05) is 18.5 Å². The number of hydrogen-bond acceptors (Lipinski definition) is 3. The number of nitrogens with two attached hydrogens (primary N) is 1. The Morgan fingerprint density at radius 3 is 2.75 bits per heavy atom. The predicted octanol–water partition coefficient (Wildman–Crippen LogP) is 2.27. The van der Waals surface area contributed by atoms with E-state index in [0.29, 0.717) is 6.54 Å². The molecule has 4 heteroatoms. The van der Waals surface area contributed by atoms with Crippen molar-refractivity contribution in [3.05, 3.63) is 28.3 Å². The van der Waals surface area contributed by atoms with Crippen LogP contribution in [0.25, 0.3) is 0 Å². The highest BCUT2D eigenvalue weighted by Gasteiger charge is 2.13. The summed E-state index contributed by atoms with van der Waals surface area (Å²) in [6, 6.07) is 3.70. The number of halogens is 1. The van der Waals surface area contributed by atoms with Crippen LogP contribution >= 0.6 is 11.6 Å². The maximum Gasteiger partial charge on any atom is 0.124 e. The molecule has 0 aliphatic carbocycles. The third kappa shape index (κ3) is 3.11. The molecule has 3 nitrogen and oxygen atoms in total. The van der Waals surface area contributed by atoms with E-state index in [1.54, 1.807) is 7.11 Å². The molecule has 0 aliphatic heterocycles. The smallest absolute Gasteiger partial charge is 0.124 e. The zero-order valence-corrected chi connectivity index (χ0v) is 10.8. The van der Waals surface area contributed by atoms with Crippen molar-refractivity contribution in [3.8, 4) is 5.75 Å². The van der Waals surface area contributed by atoms with Crippen LogP contribution in [0.15, 0.2) is 12.1 Å². The van der Waals surface area contributed by atoms with E-state index < -0.39 is 0 Å². The summed E-state index contributed by atoms with van der Waals surface area (Å²) in [6.45, 7) is 5.61. The molecule has 1 rings (SSSR count). The van der Waals surface area contributed by atoms with Gasteiger partial charge in [-0.15, -0.1) is 0 Å². The summed E-state index contributed by atoms with van der Waals surface area (Å²) >= 11 is 6.09. The van der Waals surface area contributed by atoms with Crippen molar-refractivity contribution in [1.82, 2.24) is 5.32 Å². The van der Waals surface area contributed by atoms with Gasteiger partial charge in [0.25, 0.3) is 0 Å². The first-order valence-electron chi connectivity index (χ1n) is 5.40. The molecule has 0 fully saturated rings. The van der Waals surface area contributed by atoms with Crippen LogP contribution < -0.4 is 15.8 Å². The van der Waals surface area contributed by atoms with Gasteiger partial charge in [-0.25, -0.2) is 0 Å². The third-order valence-electron chi connectivity index (χ3n) is 2.52. The van der Waals surface area contributed by atoms with Crippen LogP contribution in [0.2, 0.25) is 5.02 Å². The first-order valence-corrected chi connectivity index (χ1v) is 5.78. The molecule has 0 amide bonds. The van der Waals surface area contributed by atoms with Crippen molar-refractivity contribution in [3.63, 3.8) is 0 Å². The predicted molar refractivity (Wildman–Crippen MR) is 68.2 cm³/mol. The van der Waals surface area contributed by atoms with Crippen LogP contribution in [0, 0.1) is 6.92 Å². The second-order valence-corrected chi connectivity index (χ2v) is 4.16. The Balaban J connectivity index is 2.96. The Morgan fingerprint density at radius 1 is 1.50 bits per heavy atom. The summed E-state index contributed by atoms with van der Waals surface area (Å²) in [6.07, 6.45) is 0. The number of rotatable bonds is 5. The molecule has 0 saturated carbocycles. The Bertz CT molecular complexity index is 355. The quantitative estimate of drug-likeness (QED) is 0.833. The molecular weight excluding hydrogens is 224 g/mol. The summed E-state index contributed by atoms with van der Waals surface area (Å²) in [7, 11) is 1.64. The standard InChI is InChI=1S/C12H19ClN2O/c1-4-15-7-11(14)9-6-10(13)8(2)5-12(9)16-3/h5-6,11,15H,4,7,14H2,1-3H3. The molecule has 1 aromatic rings. The summed E-state index contributed by atoms with van der Waals surface area (Å²) in [5.41, 5.74) is 8.02. The molecule has 1 atom stereocenters. The van der Waals surface area contributed by atoms with Crippen LogP contribution in [-0.4, -0.2) is 20.2 Å². The largest absolute Gasteiger partial charge is 0.496 e. The Kier molecular flexibility index (Phi) is 5.06. The molecule has 0 heterocycles. The lowest BCUT2D eigenvalue weighted by molar-refractivity contribution is 0.404. The zero-order valence-electron chi connectivity index (χ0n) is 10.0. The Labute approximate surface area is 102 Å². The number of methoxy groups -OCH3 is 1. The van der Waals surface area contributed by atoms with Gasteiger partial charge in [0.1, 0.15) is 5.75 Å². The highest BCUT2D eigenvalue weighted by atomic mass is 35.5. The van der Waals surface area contributed by atoms with Crippen molar-refractivity contribution in [2.75, 3.05) is 20.2 Å². The molecule has 0 bridgehead atoms. The fraction of sp³-hybridized carbons (Fsp3) is 0.500. The van der Waals surface area contributed by atoms with Gasteiger partial charge in [0.15, 0.2) is 0 Å². The van der Waals surface area contributed by atoms with Crippen LogP contribution in [0.1, 0.15) is 24.1 Å². The molecule has 0 spiro atoms. The SMILES string of the molecule is CCNCC(N)c1cc(Cl)c(C)cc1OC. The van der Waals surface area contributed by atoms with E-state index in [1.165, 1.54) is 0 Å². The van der Waals surface area contributed by atoms with Crippen LogP contribution in [-0.2, 0) is 0 Å². The minimum absolute atomic E-state index is 0.104. The maximum atomic E-state index is 6.09. The molecule has 90 valence electrons. The van der Waals surface area contributed by atoms with Crippen molar-refractivity contribution in [2.45, 2.75) is 19.9 Å². The monoisotopic (exact) mass is 242 g/mol. The number of aryl methyl sites for hydroxylation is 1. The molecule has 0 saturated heterocycles. The summed E-state index contributed by atoms with van der Waals surface area (Å²) < 4.78 is 5.32. The molecule has 0 aliphatic rings. The average molecular weight is 243 g/mol. The Hall–Kier alpha value is -0.770. The minimum Gasteiger partial charge on any atom is -0.496 e. The zero-order chi connectivity index (χ0) is 12.1. The highest BCUT2D eigenvalue weighted by Crippen LogP contribution is 2.29. The first kappa shape index (κ1) is 13.3. The molecule has 1 unspecified atom stereocenters. The van der Waals surface area contributed by atoms with Gasteiger partial charge in [-0.3, -0.25) is 0 Å². The van der Waals surface area contributed by atoms with Gasteiger partial charge < -0.3 is 15.8 Å². The van der Waals surface area contributed by atoms with E-state index in [-0.39, 0.29) is 6.04 Å². The van der Waals surface area contributed by atoms with Gasteiger partial charge in [-0.2, -0.15) is 0 Å². The lowest BCUT2D eigenvalue weighted by atomic mass is 10.0. The highest BCUT2D eigenvalue weighted by molar-refractivity contribution is 6.31. The molecule has 3 N–H and O–H groups in total. The fourth-order valence-corrected chi connectivity index (χ4v) is 1.72. The van der Waals surface area contributed by atoms with Crippen LogP contribution in [0.5, 0.6) is 5.75 Å². The fourth-order valence-electron chi connectivity index (χ4n) is 1.55. The van der Waals surface area contributed by atoms with Gasteiger partial charge in [0.2, 0.25) is 0 Å². The lowest BCUT2D eigenvalue weighted by Gasteiger charge is -2.17. The number of nitrogens with one attached hydrogen (secondary N) is 1. The lowest BCUT2D eigenvalue weighted by Crippen LogP contribution is -2.27. The summed E-state index contributed by atoms with van der Waals surface area (Å²) in [5, 5.41) is 3.93.